The van der Waals surface area contributed by atoms with Gasteiger partial charge in [0.05, 0.1) is 17.4 Å². The van der Waals surface area contributed by atoms with Crippen molar-refractivity contribution in [1.29, 1.82) is 0 Å². The fourth-order valence-corrected chi connectivity index (χ4v) is 11.3. The summed E-state index contributed by atoms with van der Waals surface area (Å²) >= 11 is 0. The number of hydrogen-bond acceptors (Lipinski definition) is 3. The standard InChI is InChI=1S/C67H50N2O/c1-45-34-41-64-61(42-45)57-27-11-14-32-63(57)69(64)65-44-49(46-18-4-2-5-19-46)37-40-55(65)48-35-38-51(39-36-48)68(52-23-16-22-50(43-52)54-25-9-8-24-53(54)47-20-6-3-7-21-47)62-31-13-10-26-56(62)59-29-17-30-60-58-28-12-15-33-66(58)70-67(59)60/h2-41,43-45,57,63H,42H2,1H3. The van der Waals surface area contributed by atoms with Crippen molar-refractivity contribution in [3.63, 3.8) is 0 Å². The minimum Gasteiger partial charge on any atom is -0.455 e. The van der Waals surface area contributed by atoms with Crippen molar-refractivity contribution < 1.29 is 4.42 Å². The molecule has 3 unspecified atom stereocenters. The summed E-state index contributed by atoms with van der Waals surface area (Å²) in [5.74, 6) is 0.859. The highest BCUT2D eigenvalue weighted by molar-refractivity contribution is 6.11. The SMILES string of the molecule is CC1C=CC2=C(C1)C1C=CC=CC1N2c1cc(-c2ccccc2)ccc1-c1ccc(N(c2cccc(-c3ccccc3-c3ccccc3)c2)c2ccccc2-c2cccc3c2oc2ccccc23)cc1. The summed E-state index contributed by atoms with van der Waals surface area (Å²) in [6, 6.07) is 79.3. The molecular weight excluding hydrogens is 849 g/mol. The molecule has 0 amide bonds. The van der Waals surface area contributed by atoms with Crippen LogP contribution in [0.3, 0.4) is 0 Å². The molecule has 3 heteroatoms. The van der Waals surface area contributed by atoms with Crippen LogP contribution in [0.15, 0.2) is 271 Å². The average molecular weight is 899 g/mol. The fourth-order valence-electron chi connectivity index (χ4n) is 11.3. The first-order valence-electron chi connectivity index (χ1n) is 24.5. The molecule has 13 rings (SSSR count). The molecule has 3 aliphatic rings. The minimum atomic E-state index is 0.205. The van der Waals surface area contributed by atoms with E-state index in [1.54, 1.807) is 0 Å². The lowest BCUT2D eigenvalue weighted by molar-refractivity contribution is 0.616. The molecule has 3 nitrogen and oxygen atoms in total. The van der Waals surface area contributed by atoms with E-state index in [1.807, 2.05) is 6.07 Å². The van der Waals surface area contributed by atoms with Crippen LogP contribution in [0.2, 0.25) is 0 Å². The maximum Gasteiger partial charge on any atom is 0.143 e. The second-order valence-electron chi connectivity index (χ2n) is 18.8. The number of nitrogens with zero attached hydrogens (tertiary/aromatic N) is 2. The number of anilines is 4. The van der Waals surface area contributed by atoms with Crippen molar-refractivity contribution in [3.05, 3.63) is 266 Å². The summed E-state index contributed by atoms with van der Waals surface area (Å²) in [5.41, 5.74) is 20.7. The van der Waals surface area contributed by atoms with E-state index in [4.69, 9.17) is 4.42 Å². The van der Waals surface area contributed by atoms with Crippen LogP contribution >= 0.6 is 0 Å². The average Bonchev–Trinajstić information content (AvgIpc) is 3.97. The topological polar surface area (TPSA) is 19.6 Å². The number of hydrogen-bond donors (Lipinski definition) is 0. The van der Waals surface area contributed by atoms with Gasteiger partial charge in [0, 0.05) is 50.5 Å². The van der Waals surface area contributed by atoms with Gasteiger partial charge in [-0.1, -0.05) is 213 Å². The highest BCUT2D eigenvalue weighted by Crippen LogP contribution is 2.50. The van der Waals surface area contributed by atoms with E-state index in [2.05, 4.69) is 266 Å². The zero-order valence-corrected chi connectivity index (χ0v) is 39.0. The van der Waals surface area contributed by atoms with Crippen LogP contribution < -0.4 is 9.80 Å². The molecule has 0 spiro atoms. The van der Waals surface area contributed by atoms with Crippen LogP contribution in [0.5, 0.6) is 0 Å². The molecule has 0 radical (unpaired) electrons. The molecular formula is C67H50N2O. The maximum atomic E-state index is 6.70. The van der Waals surface area contributed by atoms with E-state index < -0.39 is 0 Å². The van der Waals surface area contributed by atoms with Crippen molar-refractivity contribution in [3.8, 4) is 55.6 Å². The number of benzene rings is 9. The van der Waals surface area contributed by atoms with Gasteiger partial charge in [0.1, 0.15) is 11.2 Å². The predicted octanol–water partition coefficient (Wildman–Crippen LogP) is 18.2. The van der Waals surface area contributed by atoms with Gasteiger partial charge >= 0.3 is 0 Å². The molecule has 0 fully saturated rings. The molecule has 70 heavy (non-hydrogen) atoms. The van der Waals surface area contributed by atoms with E-state index in [-0.39, 0.29) is 6.04 Å². The highest BCUT2D eigenvalue weighted by atomic mass is 16.3. The molecule has 2 aliphatic carbocycles. The quantitative estimate of drug-likeness (QED) is 0.144. The monoisotopic (exact) mass is 898 g/mol. The Labute approximate surface area is 409 Å². The fraction of sp³-hybridized carbons (Fsp3) is 0.0746. The summed E-state index contributed by atoms with van der Waals surface area (Å²) in [6.07, 6.45) is 15.1. The number of para-hydroxylation sites is 3. The Morgan fingerprint density at radius 1 is 0.457 bits per heavy atom. The maximum absolute atomic E-state index is 6.70. The van der Waals surface area contributed by atoms with Crippen molar-refractivity contribution in [2.24, 2.45) is 11.8 Å². The van der Waals surface area contributed by atoms with Gasteiger partial charge in [-0.15, -0.1) is 0 Å². The summed E-state index contributed by atoms with van der Waals surface area (Å²) in [4.78, 5) is 5.04. The first-order valence-corrected chi connectivity index (χ1v) is 24.5. The van der Waals surface area contributed by atoms with Gasteiger partial charge < -0.3 is 14.2 Å². The zero-order chi connectivity index (χ0) is 46.5. The molecule has 1 aliphatic heterocycles. The summed E-state index contributed by atoms with van der Waals surface area (Å²) < 4.78 is 6.70. The first-order chi connectivity index (χ1) is 34.6. The third-order valence-corrected chi connectivity index (χ3v) is 14.6. The number of allylic oxidation sites excluding steroid dienone is 4. The van der Waals surface area contributed by atoms with Gasteiger partial charge in [-0.25, -0.2) is 0 Å². The third-order valence-electron chi connectivity index (χ3n) is 14.6. The van der Waals surface area contributed by atoms with Crippen molar-refractivity contribution >= 4 is 44.7 Å². The second kappa shape index (κ2) is 17.5. The van der Waals surface area contributed by atoms with Gasteiger partial charge in [0.15, 0.2) is 0 Å². The van der Waals surface area contributed by atoms with Gasteiger partial charge in [0.2, 0.25) is 0 Å². The Hall–Kier alpha value is -8.66. The van der Waals surface area contributed by atoms with E-state index >= 15 is 0 Å². The Balaban J connectivity index is 0.979. The molecule has 10 aromatic rings. The van der Waals surface area contributed by atoms with Crippen molar-refractivity contribution in [1.82, 2.24) is 0 Å². The lowest BCUT2D eigenvalue weighted by atomic mass is 9.84. The van der Waals surface area contributed by atoms with E-state index in [0.29, 0.717) is 11.8 Å². The van der Waals surface area contributed by atoms with Gasteiger partial charge in [-0.2, -0.15) is 0 Å². The molecule has 334 valence electrons. The number of fused-ring (bicyclic) bond motifs is 5. The summed E-state index contributed by atoms with van der Waals surface area (Å²) in [7, 11) is 0. The Bertz CT molecular complexity index is 3720. The highest BCUT2D eigenvalue weighted by Gasteiger charge is 2.40. The molecule has 3 atom stereocenters. The van der Waals surface area contributed by atoms with Crippen molar-refractivity contribution in [2.45, 2.75) is 19.4 Å². The summed E-state index contributed by atoms with van der Waals surface area (Å²) in [5, 5.41) is 2.23. The Morgan fingerprint density at radius 3 is 1.91 bits per heavy atom. The molecule has 0 saturated carbocycles. The van der Waals surface area contributed by atoms with Crippen LogP contribution in [0.4, 0.5) is 22.7 Å². The van der Waals surface area contributed by atoms with Crippen LogP contribution in [-0.2, 0) is 0 Å². The summed E-state index contributed by atoms with van der Waals surface area (Å²) in [6.45, 7) is 2.34. The minimum absolute atomic E-state index is 0.205. The van der Waals surface area contributed by atoms with Crippen LogP contribution in [-0.4, -0.2) is 6.04 Å². The van der Waals surface area contributed by atoms with Gasteiger partial charge in [-0.05, 0) is 105 Å². The molecule has 0 N–H and O–H groups in total. The van der Waals surface area contributed by atoms with Crippen molar-refractivity contribution in [2.75, 3.05) is 9.80 Å². The van der Waals surface area contributed by atoms with Crippen LogP contribution in [0.1, 0.15) is 13.3 Å². The Kier molecular flexibility index (Phi) is 10.4. The molecule has 1 aromatic heterocycles. The van der Waals surface area contributed by atoms with E-state index in [9.17, 15) is 0 Å². The van der Waals surface area contributed by atoms with Crippen LogP contribution in [0.25, 0.3) is 77.6 Å². The molecule has 9 aromatic carbocycles. The normalized spacial score (nSPS) is 17.0. The Morgan fingerprint density at radius 2 is 1.09 bits per heavy atom. The number of rotatable bonds is 9. The molecule has 2 heterocycles. The lowest BCUT2D eigenvalue weighted by Gasteiger charge is -2.32. The predicted molar refractivity (Wildman–Crippen MR) is 294 cm³/mol. The van der Waals surface area contributed by atoms with E-state index in [1.165, 1.54) is 55.9 Å². The van der Waals surface area contributed by atoms with E-state index in [0.717, 1.165) is 62.1 Å². The van der Waals surface area contributed by atoms with Crippen LogP contribution in [0, 0.1) is 11.8 Å². The second-order valence-corrected chi connectivity index (χ2v) is 18.8. The third kappa shape index (κ3) is 7.21. The first kappa shape index (κ1) is 41.5. The van der Waals surface area contributed by atoms with Gasteiger partial charge in [0.25, 0.3) is 0 Å². The lowest BCUT2D eigenvalue weighted by Crippen LogP contribution is -2.32. The smallest absolute Gasteiger partial charge is 0.143 e. The molecule has 0 bridgehead atoms. The largest absolute Gasteiger partial charge is 0.455 e. The zero-order valence-electron chi connectivity index (χ0n) is 39.0. The molecule has 0 saturated heterocycles. The number of furan rings is 1. The van der Waals surface area contributed by atoms with Gasteiger partial charge in [-0.3, -0.25) is 0 Å².